The molecule has 0 aliphatic rings. The summed E-state index contributed by atoms with van der Waals surface area (Å²) in [6.07, 6.45) is 2.60. The number of hydrogen-bond donors (Lipinski definition) is 2. The molecule has 1 unspecified atom stereocenters. The molecule has 0 radical (unpaired) electrons. The topological polar surface area (TPSA) is 58.2 Å². The maximum atomic E-state index is 12.5. The molecule has 1 aromatic carbocycles. The Kier molecular flexibility index (Phi) is 7.15. The fourth-order valence-corrected chi connectivity index (χ4v) is 4.41. The van der Waals surface area contributed by atoms with Gasteiger partial charge in [0.1, 0.15) is 0 Å². The van der Waals surface area contributed by atoms with E-state index in [-0.39, 0.29) is 6.04 Å². The molecule has 0 amide bonds. The van der Waals surface area contributed by atoms with Crippen molar-refractivity contribution in [1.29, 1.82) is 0 Å². The predicted octanol–water partition coefficient (Wildman–Crippen LogP) is 3.03. The Morgan fingerprint density at radius 1 is 1.30 bits per heavy atom. The van der Waals surface area contributed by atoms with Crippen LogP contribution in [-0.4, -0.2) is 21.5 Å². The molecule has 4 nitrogen and oxygen atoms in total. The van der Waals surface area contributed by atoms with E-state index in [9.17, 15) is 8.42 Å². The second kappa shape index (κ2) is 8.12. The number of rotatable bonds is 8. The molecule has 1 atom stereocenters. The summed E-state index contributed by atoms with van der Waals surface area (Å²) < 4.78 is 28.4. The van der Waals surface area contributed by atoms with Crippen LogP contribution < -0.4 is 10.0 Å². The van der Waals surface area contributed by atoms with E-state index >= 15 is 0 Å². The monoisotopic (exact) mass is 362 g/mol. The lowest BCUT2D eigenvalue weighted by Gasteiger charge is -2.17. The van der Waals surface area contributed by atoms with Crippen LogP contribution in [-0.2, 0) is 16.6 Å². The molecule has 0 spiro atoms. The molecule has 0 aliphatic heterocycles. The summed E-state index contributed by atoms with van der Waals surface area (Å²) in [6.45, 7) is 4.69. The maximum absolute atomic E-state index is 12.5. The summed E-state index contributed by atoms with van der Waals surface area (Å²) in [4.78, 5) is 0.305. The third-order valence-corrected chi connectivity index (χ3v) is 5.63. The van der Waals surface area contributed by atoms with Crippen LogP contribution in [0, 0.1) is 0 Å². The standard InChI is InChI=1S/C14H23BrN2O2S/c1-4-6-12(5-2)17-20(18,19)14-9-11(10-16-3)7-8-13(14)15/h7-9,12,16-17H,4-6,10H2,1-3H3. The van der Waals surface area contributed by atoms with Gasteiger partial charge in [0.15, 0.2) is 0 Å². The van der Waals surface area contributed by atoms with Crippen molar-refractivity contribution in [3.63, 3.8) is 0 Å². The maximum Gasteiger partial charge on any atom is 0.241 e. The summed E-state index contributed by atoms with van der Waals surface area (Å²) in [7, 11) is -1.65. The van der Waals surface area contributed by atoms with Crippen LogP contribution in [0.2, 0.25) is 0 Å². The highest BCUT2D eigenvalue weighted by Crippen LogP contribution is 2.24. The van der Waals surface area contributed by atoms with Crippen molar-refractivity contribution < 1.29 is 8.42 Å². The van der Waals surface area contributed by atoms with Crippen LogP contribution in [0.5, 0.6) is 0 Å². The van der Waals surface area contributed by atoms with E-state index in [0.717, 1.165) is 24.8 Å². The van der Waals surface area contributed by atoms with Crippen molar-refractivity contribution in [2.75, 3.05) is 7.05 Å². The molecule has 6 heteroatoms. The number of benzene rings is 1. The van der Waals surface area contributed by atoms with Crippen molar-refractivity contribution >= 4 is 26.0 Å². The van der Waals surface area contributed by atoms with Crippen molar-refractivity contribution in [3.8, 4) is 0 Å². The molecule has 114 valence electrons. The Morgan fingerprint density at radius 2 is 2.00 bits per heavy atom. The van der Waals surface area contributed by atoms with Gasteiger partial charge in [-0.2, -0.15) is 0 Å². The van der Waals surface area contributed by atoms with Gasteiger partial charge >= 0.3 is 0 Å². The van der Waals surface area contributed by atoms with Gasteiger partial charge in [-0.15, -0.1) is 0 Å². The molecule has 0 heterocycles. The molecule has 1 rings (SSSR count). The van der Waals surface area contributed by atoms with Crippen molar-refractivity contribution in [2.24, 2.45) is 0 Å². The summed E-state index contributed by atoms with van der Waals surface area (Å²) in [5, 5.41) is 3.02. The molecule has 0 bridgehead atoms. The Labute approximate surface area is 130 Å². The molecule has 0 saturated carbocycles. The van der Waals surface area contributed by atoms with E-state index in [1.807, 2.05) is 20.0 Å². The van der Waals surface area contributed by atoms with Gasteiger partial charge in [0.2, 0.25) is 10.0 Å². The summed E-state index contributed by atoms with van der Waals surface area (Å²) in [6, 6.07) is 5.39. The minimum absolute atomic E-state index is 0.00939. The third-order valence-electron chi connectivity index (χ3n) is 3.12. The largest absolute Gasteiger partial charge is 0.316 e. The van der Waals surface area contributed by atoms with E-state index in [1.165, 1.54) is 0 Å². The Balaban J connectivity index is 3.04. The van der Waals surface area contributed by atoms with Crippen LogP contribution in [0.3, 0.4) is 0 Å². The van der Waals surface area contributed by atoms with Gasteiger partial charge in [-0.3, -0.25) is 0 Å². The highest BCUT2D eigenvalue weighted by molar-refractivity contribution is 9.10. The van der Waals surface area contributed by atoms with Crippen LogP contribution in [0.4, 0.5) is 0 Å². The first-order valence-corrected chi connectivity index (χ1v) is 9.17. The van der Waals surface area contributed by atoms with Gasteiger partial charge in [0, 0.05) is 17.1 Å². The zero-order chi connectivity index (χ0) is 15.2. The molecule has 0 fully saturated rings. The lowest BCUT2D eigenvalue weighted by Crippen LogP contribution is -2.34. The molecular formula is C14H23BrN2O2S. The molecule has 0 aromatic heterocycles. The number of hydrogen-bond acceptors (Lipinski definition) is 3. The van der Waals surface area contributed by atoms with Gasteiger partial charge in [0.25, 0.3) is 0 Å². The van der Waals surface area contributed by atoms with Gasteiger partial charge < -0.3 is 5.32 Å². The third kappa shape index (κ3) is 4.84. The van der Waals surface area contributed by atoms with Crippen LogP contribution in [0.25, 0.3) is 0 Å². The van der Waals surface area contributed by atoms with Gasteiger partial charge in [0.05, 0.1) is 4.90 Å². The Morgan fingerprint density at radius 3 is 2.55 bits per heavy atom. The first-order chi connectivity index (χ1) is 9.44. The molecule has 2 N–H and O–H groups in total. The van der Waals surface area contributed by atoms with Gasteiger partial charge in [-0.25, -0.2) is 13.1 Å². The highest BCUT2D eigenvalue weighted by atomic mass is 79.9. The Hall–Kier alpha value is -0.430. The van der Waals surface area contributed by atoms with E-state index in [4.69, 9.17) is 0 Å². The summed E-state index contributed by atoms with van der Waals surface area (Å²) in [5.74, 6) is 0. The second-order valence-electron chi connectivity index (χ2n) is 4.81. The van der Waals surface area contributed by atoms with E-state index in [1.54, 1.807) is 12.1 Å². The molecule has 20 heavy (non-hydrogen) atoms. The minimum Gasteiger partial charge on any atom is -0.316 e. The lowest BCUT2D eigenvalue weighted by atomic mass is 10.1. The predicted molar refractivity (Wildman–Crippen MR) is 86.2 cm³/mol. The highest BCUT2D eigenvalue weighted by Gasteiger charge is 2.21. The zero-order valence-electron chi connectivity index (χ0n) is 12.2. The molecular weight excluding hydrogens is 340 g/mol. The summed E-state index contributed by atoms with van der Waals surface area (Å²) in [5.41, 5.74) is 0.944. The van der Waals surface area contributed by atoms with Crippen LogP contribution in [0.15, 0.2) is 27.6 Å². The summed E-state index contributed by atoms with van der Waals surface area (Å²) >= 11 is 3.33. The first-order valence-electron chi connectivity index (χ1n) is 6.90. The van der Waals surface area contributed by atoms with Crippen LogP contribution in [0.1, 0.15) is 38.7 Å². The minimum atomic E-state index is -3.49. The Bertz CT molecular complexity index is 532. The average Bonchev–Trinajstić information content (AvgIpc) is 2.40. The number of halogens is 1. The van der Waals surface area contributed by atoms with Gasteiger partial charge in [-0.1, -0.05) is 26.3 Å². The van der Waals surface area contributed by atoms with Crippen LogP contribution >= 0.6 is 15.9 Å². The van der Waals surface area contributed by atoms with E-state index in [0.29, 0.717) is 15.9 Å². The van der Waals surface area contributed by atoms with E-state index < -0.39 is 10.0 Å². The van der Waals surface area contributed by atoms with E-state index in [2.05, 4.69) is 32.9 Å². The van der Waals surface area contributed by atoms with Crippen molar-refractivity contribution in [1.82, 2.24) is 10.0 Å². The smallest absolute Gasteiger partial charge is 0.241 e. The van der Waals surface area contributed by atoms with Crippen molar-refractivity contribution in [2.45, 2.75) is 50.6 Å². The second-order valence-corrected chi connectivity index (χ2v) is 7.35. The first kappa shape index (κ1) is 17.6. The fourth-order valence-electron chi connectivity index (χ4n) is 2.05. The van der Waals surface area contributed by atoms with Crippen molar-refractivity contribution in [3.05, 3.63) is 28.2 Å². The quantitative estimate of drug-likeness (QED) is 0.747. The zero-order valence-corrected chi connectivity index (χ0v) is 14.6. The molecule has 0 saturated heterocycles. The van der Waals surface area contributed by atoms with Gasteiger partial charge in [-0.05, 0) is 53.5 Å². The lowest BCUT2D eigenvalue weighted by molar-refractivity contribution is 0.512. The molecule has 0 aliphatic carbocycles. The SMILES string of the molecule is CCCC(CC)NS(=O)(=O)c1cc(CNC)ccc1Br. The normalized spacial score (nSPS) is 13.4. The average molecular weight is 363 g/mol. The fraction of sp³-hybridized carbons (Fsp3) is 0.571. The number of sulfonamides is 1. The number of nitrogens with one attached hydrogen (secondary N) is 2. The molecule has 1 aromatic rings.